The fourth-order valence-electron chi connectivity index (χ4n) is 4.91. The van der Waals surface area contributed by atoms with Gasteiger partial charge >= 0.3 is 0 Å². The summed E-state index contributed by atoms with van der Waals surface area (Å²) in [5.74, 6) is -9.12. The molecule has 0 unspecified atom stereocenters. The van der Waals surface area contributed by atoms with E-state index in [-0.39, 0.29) is 46.8 Å². The van der Waals surface area contributed by atoms with Crippen LogP contribution < -0.4 is 0 Å². The van der Waals surface area contributed by atoms with Gasteiger partial charge in [-0.3, -0.25) is 0 Å². The molecule has 0 atom stereocenters. The van der Waals surface area contributed by atoms with Crippen LogP contribution in [0.2, 0.25) is 0 Å². The number of halogens is 6. The molecule has 10 heteroatoms. The average Bonchev–Trinajstić information content (AvgIpc) is 2.93. The molecule has 0 fully saturated rings. The van der Waals surface area contributed by atoms with E-state index in [9.17, 15) is 36.6 Å². The second kappa shape index (κ2) is 12.5. The van der Waals surface area contributed by atoms with E-state index in [1.54, 1.807) is 26.0 Å². The first-order valence-electron chi connectivity index (χ1n) is 13.1. The summed E-state index contributed by atoms with van der Waals surface area (Å²) >= 11 is 0. The summed E-state index contributed by atoms with van der Waals surface area (Å²) in [4.78, 5) is 3.79. The standard InChI is InChI=1S/C32H30F6N2O2/c1-17-11-19(31(41)23(13-17)21-5-7-25(33)29(37)27(21)35)15-39(3)9-10-40(4)16-20-12-18(2)14-24(32(20)42)22-6-8-26(34)30(38)28(22)36/h5-8,11-14,41-42H,9-10,15-16H2,1-4H3. The van der Waals surface area contributed by atoms with Crippen molar-refractivity contribution in [2.75, 3.05) is 27.2 Å². The van der Waals surface area contributed by atoms with Crippen LogP contribution in [0.3, 0.4) is 0 Å². The zero-order valence-electron chi connectivity index (χ0n) is 23.5. The minimum Gasteiger partial charge on any atom is -0.507 e. The molecule has 0 bridgehead atoms. The van der Waals surface area contributed by atoms with Gasteiger partial charge in [-0.15, -0.1) is 0 Å². The Labute approximate surface area is 240 Å². The van der Waals surface area contributed by atoms with Crippen LogP contribution in [0.1, 0.15) is 22.3 Å². The molecule has 42 heavy (non-hydrogen) atoms. The fourth-order valence-corrected chi connectivity index (χ4v) is 4.91. The van der Waals surface area contributed by atoms with Gasteiger partial charge in [-0.25, -0.2) is 26.3 Å². The Bertz CT molecular complexity index is 1520. The topological polar surface area (TPSA) is 46.9 Å². The highest BCUT2D eigenvalue weighted by molar-refractivity contribution is 5.74. The van der Waals surface area contributed by atoms with Crippen LogP contribution >= 0.6 is 0 Å². The van der Waals surface area contributed by atoms with Gasteiger partial charge in [0.25, 0.3) is 0 Å². The van der Waals surface area contributed by atoms with Crippen molar-refractivity contribution in [3.05, 3.63) is 106 Å². The second-order valence-electron chi connectivity index (χ2n) is 10.6. The van der Waals surface area contributed by atoms with Crippen molar-refractivity contribution in [1.82, 2.24) is 9.80 Å². The maximum atomic E-state index is 14.5. The van der Waals surface area contributed by atoms with Crippen molar-refractivity contribution in [1.29, 1.82) is 0 Å². The molecular formula is C32H30F6N2O2. The maximum Gasteiger partial charge on any atom is 0.195 e. The molecule has 0 amide bonds. The summed E-state index contributed by atoms with van der Waals surface area (Å²) in [6, 6.07) is 10.2. The lowest BCUT2D eigenvalue weighted by Crippen LogP contribution is -2.30. The SMILES string of the molecule is Cc1cc(CN(C)CCN(C)Cc2cc(C)cc(-c3ccc(F)c(F)c3F)c2O)c(O)c(-c2ccc(F)c(F)c2F)c1. The number of aromatic hydroxyl groups is 2. The van der Waals surface area contributed by atoms with Crippen molar-refractivity contribution in [3.63, 3.8) is 0 Å². The maximum absolute atomic E-state index is 14.5. The van der Waals surface area contributed by atoms with E-state index in [0.717, 1.165) is 24.3 Å². The number of benzene rings is 4. The Morgan fingerprint density at radius 2 is 0.881 bits per heavy atom. The summed E-state index contributed by atoms with van der Waals surface area (Å²) in [7, 11) is 3.61. The van der Waals surface area contributed by atoms with Gasteiger partial charge in [0.15, 0.2) is 34.9 Å². The number of phenols is 2. The third kappa shape index (κ3) is 6.39. The summed E-state index contributed by atoms with van der Waals surface area (Å²) in [5.41, 5.74) is 1.91. The quantitative estimate of drug-likeness (QED) is 0.158. The zero-order chi connectivity index (χ0) is 30.9. The summed E-state index contributed by atoms with van der Waals surface area (Å²) in [6.07, 6.45) is 0. The van der Waals surface area contributed by atoms with Crippen LogP contribution in [0.25, 0.3) is 22.3 Å². The smallest absolute Gasteiger partial charge is 0.195 e. The highest BCUT2D eigenvalue weighted by atomic mass is 19.2. The van der Waals surface area contributed by atoms with Gasteiger partial charge in [0.05, 0.1) is 0 Å². The molecule has 0 aliphatic rings. The predicted octanol–water partition coefficient (Wildman–Crippen LogP) is 7.45. The van der Waals surface area contributed by atoms with Gasteiger partial charge in [-0.05, 0) is 75.5 Å². The van der Waals surface area contributed by atoms with E-state index < -0.39 is 34.9 Å². The molecule has 0 heterocycles. The molecule has 0 spiro atoms. The molecule has 4 aromatic carbocycles. The van der Waals surface area contributed by atoms with E-state index in [1.165, 1.54) is 12.1 Å². The summed E-state index contributed by atoms with van der Waals surface area (Å²) in [5, 5.41) is 21.8. The zero-order valence-corrected chi connectivity index (χ0v) is 23.5. The predicted molar refractivity (Wildman–Crippen MR) is 149 cm³/mol. The highest BCUT2D eigenvalue weighted by Crippen LogP contribution is 2.38. The largest absolute Gasteiger partial charge is 0.507 e. The van der Waals surface area contributed by atoms with Crippen molar-refractivity contribution in [2.45, 2.75) is 26.9 Å². The highest BCUT2D eigenvalue weighted by Gasteiger charge is 2.21. The minimum absolute atomic E-state index is 0.0510. The van der Waals surface area contributed by atoms with E-state index >= 15 is 0 Å². The molecule has 4 aromatic rings. The van der Waals surface area contributed by atoms with Crippen molar-refractivity contribution >= 4 is 0 Å². The first kappa shape index (κ1) is 30.9. The molecule has 4 rings (SSSR count). The Morgan fingerprint density at radius 1 is 0.524 bits per heavy atom. The van der Waals surface area contributed by atoms with Gasteiger partial charge in [0.1, 0.15) is 11.5 Å². The van der Waals surface area contributed by atoms with Gasteiger partial charge in [0, 0.05) is 59.6 Å². The number of phenolic OH excluding ortho intramolecular Hbond substituents is 2. The molecule has 0 aliphatic heterocycles. The molecule has 4 nitrogen and oxygen atoms in total. The van der Waals surface area contributed by atoms with Crippen LogP contribution in [-0.4, -0.2) is 47.2 Å². The molecule has 0 saturated carbocycles. The Hall–Kier alpha value is -4.02. The molecule has 222 valence electrons. The molecule has 2 N–H and O–H groups in total. The van der Waals surface area contributed by atoms with Crippen molar-refractivity contribution in [3.8, 4) is 33.8 Å². The number of rotatable bonds is 9. The number of aryl methyl sites for hydroxylation is 2. The third-order valence-corrected chi connectivity index (χ3v) is 7.06. The molecular weight excluding hydrogens is 558 g/mol. The van der Waals surface area contributed by atoms with Gasteiger partial charge in [-0.1, -0.05) is 12.1 Å². The van der Waals surface area contributed by atoms with Crippen LogP contribution in [0.15, 0.2) is 48.5 Å². The van der Waals surface area contributed by atoms with Crippen LogP contribution in [-0.2, 0) is 13.1 Å². The minimum atomic E-state index is -1.61. The lowest BCUT2D eigenvalue weighted by atomic mass is 9.97. The summed E-state index contributed by atoms with van der Waals surface area (Å²) < 4.78 is 83.5. The van der Waals surface area contributed by atoms with Gasteiger partial charge in [-0.2, -0.15) is 0 Å². The Morgan fingerprint density at radius 3 is 1.24 bits per heavy atom. The van der Waals surface area contributed by atoms with Crippen molar-refractivity contribution in [2.24, 2.45) is 0 Å². The second-order valence-corrected chi connectivity index (χ2v) is 10.6. The lowest BCUT2D eigenvalue weighted by molar-refractivity contribution is 0.244. The lowest BCUT2D eigenvalue weighted by Gasteiger charge is -2.24. The monoisotopic (exact) mass is 588 g/mol. The van der Waals surface area contributed by atoms with Crippen molar-refractivity contribution < 1.29 is 36.6 Å². The number of likely N-dealkylation sites (N-methyl/N-ethyl adjacent to an activating group) is 2. The first-order chi connectivity index (χ1) is 19.8. The Balaban J connectivity index is 1.47. The first-order valence-corrected chi connectivity index (χ1v) is 13.1. The summed E-state index contributed by atoms with van der Waals surface area (Å²) in [6.45, 7) is 5.00. The Kier molecular flexibility index (Phi) is 9.18. The normalized spacial score (nSPS) is 11.6. The van der Waals surface area contributed by atoms with Gasteiger partial charge < -0.3 is 20.0 Å². The molecule has 0 saturated heterocycles. The van der Waals surface area contributed by atoms with Crippen LogP contribution in [0.4, 0.5) is 26.3 Å². The van der Waals surface area contributed by atoms with Crippen LogP contribution in [0.5, 0.6) is 11.5 Å². The van der Waals surface area contributed by atoms with E-state index in [1.807, 2.05) is 23.9 Å². The fraction of sp³-hybridized carbons (Fsp3) is 0.250. The van der Waals surface area contributed by atoms with E-state index in [2.05, 4.69) is 0 Å². The van der Waals surface area contributed by atoms with Gasteiger partial charge in [0.2, 0.25) is 0 Å². The van der Waals surface area contributed by atoms with Crippen LogP contribution in [0, 0.1) is 48.8 Å². The average molecular weight is 589 g/mol. The van der Waals surface area contributed by atoms with E-state index in [0.29, 0.717) is 35.3 Å². The number of hydrogen-bond donors (Lipinski definition) is 2. The third-order valence-electron chi connectivity index (χ3n) is 7.06. The number of nitrogens with zero attached hydrogens (tertiary/aromatic N) is 2. The molecule has 0 aromatic heterocycles. The number of hydrogen-bond acceptors (Lipinski definition) is 4. The molecule has 0 radical (unpaired) electrons. The molecule has 0 aliphatic carbocycles. The van der Waals surface area contributed by atoms with E-state index in [4.69, 9.17) is 0 Å².